The highest BCUT2D eigenvalue weighted by molar-refractivity contribution is 7.10. The van der Waals surface area contributed by atoms with Crippen molar-refractivity contribution in [1.29, 1.82) is 0 Å². The largest absolute Gasteiger partial charge is 0.319 e. The van der Waals surface area contributed by atoms with E-state index < -0.39 is 0 Å². The van der Waals surface area contributed by atoms with Crippen LogP contribution >= 0.6 is 22.7 Å². The van der Waals surface area contributed by atoms with Crippen LogP contribution in [0.5, 0.6) is 0 Å². The van der Waals surface area contributed by atoms with Gasteiger partial charge in [-0.15, -0.1) is 11.3 Å². The van der Waals surface area contributed by atoms with Crippen molar-refractivity contribution in [3.63, 3.8) is 0 Å². The van der Waals surface area contributed by atoms with Gasteiger partial charge in [0, 0.05) is 16.3 Å². The zero-order valence-electron chi connectivity index (χ0n) is 8.98. The lowest BCUT2D eigenvalue weighted by Crippen LogP contribution is -2.32. The summed E-state index contributed by atoms with van der Waals surface area (Å²) < 4.78 is 0. The topological polar surface area (TPSA) is 38.9 Å². The summed E-state index contributed by atoms with van der Waals surface area (Å²) in [5.41, 5.74) is 8.56. The molecule has 3 rings (SSSR count). The monoisotopic (exact) mass is 250 g/mol. The first-order chi connectivity index (χ1) is 7.78. The van der Waals surface area contributed by atoms with Crippen LogP contribution in [0.4, 0.5) is 0 Å². The molecule has 1 fully saturated rings. The van der Waals surface area contributed by atoms with Crippen LogP contribution < -0.4 is 5.73 Å². The Morgan fingerprint density at radius 1 is 1.25 bits per heavy atom. The predicted octanol–water partition coefficient (Wildman–Crippen LogP) is 3.60. The normalized spacial score (nSPS) is 19.1. The van der Waals surface area contributed by atoms with Gasteiger partial charge in [-0.3, -0.25) is 0 Å². The van der Waals surface area contributed by atoms with Crippen LogP contribution in [0.3, 0.4) is 0 Å². The Bertz CT molecular complexity index is 467. The van der Waals surface area contributed by atoms with Gasteiger partial charge in [-0.25, -0.2) is 4.98 Å². The number of rotatable bonds is 2. The lowest BCUT2D eigenvalue weighted by atomic mass is 10.0. The smallest absolute Gasteiger partial charge is 0.113 e. The van der Waals surface area contributed by atoms with Gasteiger partial charge in [0.2, 0.25) is 0 Å². The van der Waals surface area contributed by atoms with E-state index >= 15 is 0 Å². The van der Waals surface area contributed by atoms with Crippen LogP contribution in [0.15, 0.2) is 22.2 Å². The molecule has 0 aromatic carbocycles. The average molecular weight is 250 g/mol. The summed E-state index contributed by atoms with van der Waals surface area (Å²) in [7, 11) is 0. The third kappa shape index (κ3) is 1.71. The van der Waals surface area contributed by atoms with Crippen molar-refractivity contribution in [1.82, 2.24) is 4.98 Å². The van der Waals surface area contributed by atoms with Crippen molar-refractivity contribution in [2.24, 2.45) is 5.73 Å². The maximum absolute atomic E-state index is 6.40. The fourth-order valence-electron chi connectivity index (χ4n) is 2.26. The fourth-order valence-corrected chi connectivity index (χ4v) is 3.92. The summed E-state index contributed by atoms with van der Waals surface area (Å²) in [6.45, 7) is 0. The molecule has 1 aliphatic rings. The number of nitrogens with zero attached hydrogens (tertiary/aromatic N) is 1. The third-order valence-electron chi connectivity index (χ3n) is 3.24. The number of thiophene rings is 1. The van der Waals surface area contributed by atoms with Gasteiger partial charge >= 0.3 is 0 Å². The molecular weight excluding hydrogens is 236 g/mol. The molecule has 0 bridgehead atoms. The Morgan fingerprint density at radius 3 is 2.75 bits per heavy atom. The summed E-state index contributed by atoms with van der Waals surface area (Å²) in [5, 5.41) is 7.47. The van der Waals surface area contributed by atoms with Gasteiger partial charge < -0.3 is 5.73 Å². The first-order valence-electron chi connectivity index (χ1n) is 5.55. The molecule has 0 amide bonds. The van der Waals surface area contributed by atoms with E-state index in [9.17, 15) is 0 Å². The van der Waals surface area contributed by atoms with E-state index in [1.54, 1.807) is 22.7 Å². The third-order valence-corrected chi connectivity index (χ3v) is 4.99. The molecule has 2 aromatic rings. The Labute approximate surface area is 103 Å². The van der Waals surface area contributed by atoms with E-state index in [1.807, 2.05) is 0 Å². The van der Waals surface area contributed by atoms with Gasteiger partial charge in [-0.1, -0.05) is 12.8 Å². The van der Waals surface area contributed by atoms with Gasteiger partial charge in [-0.2, -0.15) is 11.3 Å². The molecule has 0 saturated heterocycles. The summed E-state index contributed by atoms with van der Waals surface area (Å²) in [6.07, 6.45) is 4.65. The standard InChI is InChI=1S/C12H14N2S2/c13-12(4-1-2-5-12)11-14-10(8-16-11)9-3-6-15-7-9/h3,6-8H,1-2,4-5,13H2. The zero-order valence-corrected chi connectivity index (χ0v) is 10.6. The lowest BCUT2D eigenvalue weighted by molar-refractivity contribution is 0.459. The first kappa shape index (κ1) is 10.4. The van der Waals surface area contributed by atoms with E-state index in [1.165, 1.54) is 18.4 Å². The van der Waals surface area contributed by atoms with Crippen molar-refractivity contribution in [2.45, 2.75) is 31.2 Å². The second-order valence-corrected chi connectivity index (χ2v) is 6.05. The summed E-state index contributed by atoms with van der Waals surface area (Å²) in [6, 6.07) is 2.11. The molecule has 2 aromatic heterocycles. The molecule has 1 aliphatic carbocycles. The zero-order chi connectivity index (χ0) is 11.0. The van der Waals surface area contributed by atoms with E-state index in [2.05, 4.69) is 22.2 Å². The molecule has 0 atom stereocenters. The average Bonchev–Trinajstić information content (AvgIpc) is 2.98. The van der Waals surface area contributed by atoms with Crippen molar-refractivity contribution in [3.8, 4) is 11.3 Å². The molecule has 1 saturated carbocycles. The van der Waals surface area contributed by atoms with Gasteiger partial charge in [0.25, 0.3) is 0 Å². The van der Waals surface area contributed by atoms with Crippen molar-refractivity contribution < 1.29 is 0 Å². The Hall–Kier alpha value is -0.710. The van der Waals surface area contributed by atoms with Crippen LogP contribution in [0.1, 0.15) is 30.7 Å². The molecule has 0 radical (unpaired) electrons. The second kappa shape index (κ2) is 3.95. The minimum atomic E-state index is -0.140. The van der Waals surface area contributed by atoms with Crippen molar-refractivity contribution >= 4 is 22.7 Å². The molecule has 2 heterocycles. The highest BCUT2D eigenvalue weighted by atomic mass is 32.1. The van der Waals surface area contributed by atoms with E-state index in [4.69, 9.17) is 10.7 Å². The van der Waals surface area contributed by atoms with E-state index in [-0.39, 0.29) is 5.54 Å². The number of nitrogens with two attached hydrogens (primary N) is 1. The highest BCUT2D eigenvalue weighted by Gasteiger charge is 2.34. The predicted molar refractivity (Wildman–Crippen MR) is 69.8 cm³/mol. The van der Waals surface area contributed by atoms with Gasteiger partial charge in [0.15, 0.2) is 0 Å². The quantitative estimate of drug-likeness (QED) is 0.884. The summed E-state index contributed by atoms with van der Waals surface area (Å²) in [4.78, 5) is 4.71. The highest BCUT2D eigenvalue weighted by Crippen LogP contribution is 2.39. The molecule has 16 heavy (non-hydrogen) atoms. The van der Waals surface area contributed by atoms with Crippen LogP contribution in [-0.2, 0) is 5.54 Å². The number of hydrogen-bond donors (Lipinski definition) is 1. The van der Waals surface area contributed by atoms with Crippen molar-refractivity contribution in [2.75, 3.05) is 0 Å². The van der Waals surface area contributed by atoms with Gasteiger partial charge in [-0.05, 0) is 24.3 Å². The molecule has 0 aliphatic heterocycles. The summed E-state index contributed by atoms with van der Waals surface area (Å²) >= 11 is 3.42. The molecule has 84 valence electrons. The first-order valence-corrected chi connectivity index (χ1v) is 7.38. The maximum atomic E-state index is 6.40. The van der Waals surface area contributed by atoms with Crippen LogP contribution in [0.2, 0.25) is 0 Å². The number of thiazole rings is 1. The van der Waals surface area contributed by atoms with Gasteiger partial charge in [0.1, 0.15) is 5.01 Å². The SMILES string of the molecule is NC1(c2nc(-c3ccsc3)cs2)CCCC1. The van der Waals surface area contributed by atoms with E-state index in [0.29, 0.717) is 0 Å². The van der Waals surface area contributed by atoms with Crippen LogP contribution in [0.25, 0.3) is 11.3 Å². The Balaban J connectivity index is 1.93. The Kier molecular flexibility index (Phi) is 2.58. The summed E-state index contributed by atoms with van der Waals surface area (Å²) in [5.74, 6) is 0. The van der Waals surface area contributed by atoms with Gasteiger partial charge in [0.05, 0.1) is 11.2 Å². The maximum Gasteiger partial charge on any atom is 0.113 e. The minimum Gasteiger partial charge on any atom is -0.319 e. The molecule has 0 unspecified atom stereocenters. The Morgan fingerprint density at radius 2 is 2.06 bits per heavy atom. The number of hydrogen-bond acceptors (Lipinski definition) is 4. The molecule has 2 N–H and O–H groups in total. The van der Waals surface area contributed by atoms with E-state index in [0.717, 1.165) is 23.5 Å². The number of aromatic nitrogens is 1. The minimum absolute atomic E-state index is 0.140. The molecular formula is C12H14N2S2. The molecule has 2 nitrogen and oxygen atoms in total. The van der Waals surface area contributed by atoms with Crippen molar-refractivity contribution in [3.05, 3.63) is 27.2 Å². The molecule has 0 spiro atoms. The second-order valence-electron chi connectivity index (χ2n) is 4.41. The fraction of sp³-hybridized carbons (Fsp3) is 0.417. The lowest BCUT2D eigenvalue weighted by Gasteiger charge is -2.19. The van der Waals surface area contributed by atoms with Crippen LogP contribution in [-0.4, -0.2) is 4.98 Å². The molecule has 4 heteroatoms. The van der Waals surface area contributed by atoms with Crippen LogP contribution in [0, 0.1) is 0 Å².